The molecular formula is C10H21NO2. The Kier molecular flexibility index (Phi) is 6.82. The molecule has 13 heavy (non-hydrogen) atoms. The summed E-state index contributed by atoms with van der Waals surface area (Å²) in [5.41, 5.74) is 0. The summed E-state index contributed by atoms with van der Waals surface area (Å²) in [5.74, 6) is 0.146. The number of hydrogen-bond donors (Lipinski definition) is 0. The summed E-state index contributed by atoms with van der Waals surface area (Å²) >= 11 is 0. The van der Waals surface area contributed by atoms with Crippen molar-refractivity contribution in [1.29, 1.82) is 0 Å². The van der Waals surface area contributed by atoms with Crippen molar-refractivity contribution in [3.63, 3.8) is 0 Å². The topological polar surface area (TPSA) is 29.5 Å². The molecular weight excluding hydrogens is 166 g/mol. The molecule has 0 aromatic heterocycles. The second-order valence-corrected chi connectivity index (χ2v) is 3.52. The summed E-state index contributed by atoms with van der Waals surface area (Å²) in [6.45, 7) is 5.02. The number of nitrogens with zero attached hydrogens (tertiary/aromatic N) is 1. The Hall–Kier alpha value is -0.410. The SMILES string of the molecule is CCCC(C)N(C)CC(=O)COC. The fourth-order valence-corrected chi connectivity index (χ4v) is 1.28. The minimum atomic E-state index is 0.146. The number of Topliss-reactive ketones (excluding diaryl/α,β-unsaturated/α-hetero) is 1. The van der Waals surface area contributed by atoms with Gasteiger partial charge in [-0.3, -0.25) is 9.69 Å². The maximum atomic E-state index is 11.2. The van der Waals surface area contributed by atoms with E-state index in [1.54, 1.807) is 7.11 Å². The minimum Gasteiger partial charge on any atom is -0.377 e. The van der Waals surface area contributed by atoms with Crippen LogP contribution in [0, 0.1) is 0 Å². The van der Waals surface area contributed by atoms with Crippen molar-refractivity contribution in [1.82, 2.24) is 4.90 Å². The molecule has 1 atom stereocenters. The third-order valence-corrected chi connectivity index (χ3v) is 2.19. The van der Waals surface area contributed by atoms with Gasteiger partial charge in [-0.15, -0.1) is 0 Å². The molecule has 78 valence electrons. The Labute approximate surface area is 81.1 Å². The van der Waals surface area contributed by atoms with Crippen LogP contribution in [0.4, 0.5) is 0 Å². The maximum Gasteiger partial charge on any atom is 0.172 e. The molecule has 0 amide bonds. The minimum absolute atomic E-state index is 0.146. The molecule has 0 aliphatic rings. The molecule has 0 radical (unpaired) electrons. The predicted molar refractivity (Wildman–Crippen MR) is 53.9 cm³/mol. The quantitative estimate of drug-likeness (QED) is 0.602. The van der Waals surface area contributed by atoms with Gasteiger partial charge in [-0.1, -0.05) is 13.3 Å². The third-order valence-electron chi connectivity index (χ3n) is 2.19. The van der Waals surface area contributed by atoms with E-state index in [1.165, 1.54) is 0 Å². The fourth-order valence-electron chi connectivity index (χ4n) is 1.28. The summed E-state index contributed by atoms with van der Waals surface area (Å²) in [7, 11) is 3.53. The smallest absolute Gasteiger partial charge is 0.172 e. The fraction of sp³-hybridized carbons (Fsp3) is 0.900. The monoisotopic (exact) mass is 187 g/mol. The van der Waals surface area contributed by atoms with E-state index in [2.05, 4.69) is 18.7 Å². The Bertz CT molecular complexity index is 148. The lowest BCUT2D eigenvalue weighted by Crippen LogP contribution is -2.35. The van der Waals surface area contributed by atoms with Crippen LogP contribution in [0.5, 0.6) is 0 Å². The number of likely N-dealkylation sites (N-methyl/N-ethyl adjacent to an activating group) is 1. The van der Waals surface area contributed by atoms with Gasteiger partial charge in [-0.25, -0.2) is 0 Å². The first kappa shape index (κ1) is 12.6. The Balaban J connectivity index is 3.71. The van der Waals surface area contributed by atoms with Crippen LogP contribution in [-0.4, -0.2) is 44.0 Å². The van der Waals surface area contributed by atoms with E-state index in [1.807, 2.05) is 7.05 Å². The van der Waals surface area contributed by atoms with Crippen LogP contribution in [-0.2, 0) is 9.53 Å². The van der Waals surface area contributed by atoms with Gasteiger partial charge in [0.25, 0.3) is 0 Å². The lowest BCUT2D eigenvalue weighted by atomic mass is 10.1. The molecule has 0 aliphatic carbocycles. The summed E-state index contributed by atoms with van der Waals surface area (Å²) in [5, 5.41) is 0. The van der Waals surface area contributed by atoms with Crippen molar-refractivity contribution in [3.05, 3.63) is 0 Å². The maximum absolute atomic E-state index is 11.2. The molecule has 0 aromatic rings. The van der Waals surface area contributed by atoms with E-state index in [0.717, 1.165) is 12.8 Å². The molecule has 0 heterocycles. The lowest BCUT2D eigenvalue weighted by Gasteiger charge is -2.23. The van der Waals surface area contributed by atoms with Crippen molar-refractivity contribution in [2.75, 3.05) is 27.3 Å². The summed E-state index contributed by atoms with van der Waals surface area (Å²) < 4.78 is 4.77. The molecule has 0 rings (SSSR count). The van der Waals surface area contributed by atoms with Crippen molar-refractivity contribution in [2.24, 2.45) is 0 Å². The van der Waals surface area contributed by atoms with Crippen molar-refractivity contribution in [3.8, 4) is 0 Å². The van der Waals surface area contributed by atoms with E-state index in [9.17, 15) is 4.79 Å². The van der Waals surface area contributed by atoms with Gasteiger partial charge in [-0.2, -0.15) is 0 Å². The number of carbonyl (C=O) groups is 1. The summed E-state index contributed by atoms with van der Waals surface area (Å²) in [6.07, 6.45) is 2.29. The zero-order valence-electron chi connectivity index (χ0n) is 9.17. The third kappa shape index (κ3) is 5.77. The average Bonchev–Trinajstić information content (AvgIpc) is 2.05. The number of carbonyl (C=O) groups excluding carboxylic acids is 1. The number of hydrogen-bond acceptors (Lipinski definition) is 3. The van der Waals surface area contributed by atoms with Crippen LogP contribution in [0.1, 0.15) is 26.7 Å². The molecule has 0 saturated heterocycles. The van der Waals surface area contributed by atoms with Gasteiger partial charge in [-0.05, 0) is 20.4 Å². The highest BCUT2D eigenvalue weighted by atomic mass is 16.5. The Morgan fingerprint density at radius 2 is 2.15 bits per heavy atom. The molecule has 0 spiro atoms. The zero-order chi connectivity index (χ0) is 10.3. The van der Waals surface area contributed by atoms with Crippen LogP contribution < -0.4 is 0 Å². The van der Waals surface area contributed by atoms with Crippen molar-refractivity contribution < 1.29 is 9.53 Å². The van der Waals surface area contributed by atoms with Crippen molar-refractivity contribution >= 4 is 5.78 Å². The largest absolute Gasteiger partial charge is 0.377 e. The van der Waals surface area contributed by atoms with Crippen LogP contribution in [0.15, 0.2) is 0 Å². The second kappa shape index (κ2) is 7.04. The van der Waals surface area contributed by atoms with Crippen LogP contribution >= 0.6 is 0 Å². The molecule has 1 unspecified atom stereocenters. The number of ether oxygens (including phenoxy) is 1. The lowest BCUT2D eigenvalue weighted by molar-refractivity contribution is -0.123. The van der Waals surface area contributed by atoms with Gasteiger partial charge >= 0.3 is 0 Å². The van der Waals surface area contributed by atoms with Crippen LogP contribution in [0.25, 0.3) is 0 Å². The van der Waals surface area contributed by atoms with E-state index >= 15 is 0 Å². The van der Waals surface area contributed by atoms with E-state index in [-0.39, 0.29) is 12.4 Å². The van der Waals surface area contributed by atoms with E-state index < -0.39 is 0 Å². The highest BCUT2D eigenvalue weighted by Gasteiger charge is 2.11. The molecule has 0 bridgehead atoms. The standard InChI is InChI=1S/C10H21NO2/c1-5-6-9(2)11(3)7-10(12)8-13-4/h9H,5-8H2,1-4H3. The summed E-state index contributed by atoms with van der Waals surface area (Å²) in [4.78, 5) is 13.3. The Morgan fingerprint density at radius 3 is 2.62 bits per heavy atom. The predicted octanol–water partition coefficient (Wildman–Crippen LogP) is 1.32. The van der Waals surface area contributed by atoms with E-state index in [0.29, 0.717) is 12.6 Å². The van der Waals surface area contributed by atoms with Gasteiger partial charge in [0, 0.05) is 13.2 Å². The number of ketones is 1. The number of rotatable bonds is 7. The molecule has 0 fully saturated rings. The van der Waals surface area contributed by atoms with Gasteiger partial charge in [0.2, 0.25) is 0 Å². The molecule has 0 N–H and O–H groups in total. The average molecular weight is 187 g/mol. The van der Waals surface area contributed by atoms with Gasteiger partial charge < -0.3 is 4.74 Å². The molecule has 0 saturated carbocycles. The number of methoxy groups -OCH3 is 1. The highest BCUT2D eigenvalue weighted by molar-refractivity contribution is 5.81. The van der Waals surface area contributed by atoms with Crippen LogP contribution in [0.2, 0.25) is 0 Å². The molecule has 3 nitrogen and oxygen atoms in total. The first-order valence-electron chi connectivity index (χ1n) is 4.82. The molecule has 0 aromatic carbocycles. The van der Waals surface area contributed by atoms with Gasteiger partial charge in [0.05, 0.1) is 6.54 Å². The van der Waals surface area contributed by atoms with Gasteiger partial charge in [0.1, 0.15) is 6.61 Å². The van der Waals surface area contributed by atoms with Crippen LogP contribution in [0.3, 0.4) is 0 Å². The Morgan fingerprint density at radius 1 is 1.54 bits per heavy atom. The van der Waals surface area contributed by atoms with Crippen molar-refractivity contribution in [2.45, 2.75) is 32.7 Å². The zero-order valence-corrected chi connectivity index (χ0v) is 9.17. The van der Waals surface area contributed by atoms with E-state index in [4.69, 9.17) is 4.74 Å². The van der Waals surface area contributed by atoms with Gasteiger partial charge in [0.15, 0.2) is 5.78 Å². The summed E-state index contributed by atoms with van der Waals surface area (Å²) in [6, 6.07) is 0.478. The normalized spacial score (nSPS) is 13.3. The molecule has 3 heteroatoms. The first-order chi connectivity index (χ1) is 6.11. The highest BCUT2D eigenvalue weighted by Crippen LogP contribution is 2.03. The first-order valence-corrected chi connectivity index (χ1v) is 4.82. The molecule has 0 aliphatic heterocycles. The second-order valence-electron chi connectivity index (χ2n) is 3.52.